The summed E-state index contributed by atoms with van der Waals surface area (Å²) in [6.07, 6.45) is 5.07. The van der Waals surface area contributed by atoms with Gasteiger partial charge in [-0.15, -0.1) is 0 Å². The molecule has 1 aromatic carbocycles. The minimum absolute atomic E-state index is 0.145. The fourth-order valence-electron chi connectivity index (χ4n) is 1.67. The fraction of sp³-hybridized carbons (Fsp3) is 0.0714. The van der Waals surface area contributed by atoms with Gasteiger partial charge in [0, 0.05) is 28.5 Å². The Morgan fingerprint density at radius 3 is 2.68 bits per heavy atom. The zero-order chi connectivity index (χ0) is 13.7. The number of hydrogen-bond donors (Lipinski definition) is 0. The molecule has 1 aromatic heterocycles. The van der Waals surface area contributed by atoms with Gasteiger partial charge < -0.3 is 0 Å². The van der Waals surface area contributed by atoms with Gasteiger partial charge in [0.2, 0.25) is 0 Å². The minimum Gasteiger partial charge on any atom is -0.263 e. The summed E-state index contributed by atoms with van der Waals surface area (Å²) in [5.41, 5.74) is 1.76. The number of nitro groups is 1. The van der Waals surface area contributed by atoms with Crippen molar-refractivity contribution in [3.05, 3.63) is 80.2 Å². The molecule has 0 radical (unpaired) electrons. The number of nitrogens with zero attached hydrogens (tertiary/aromatic N) is 2. The van der Waals surface area contributed by atoms with E-state index in [1.54, 1.807) is 24.5 Å². The molecule has 0 saturated heterocycles. The smallest absolute Gasteiger partial charge is 0.251 e. The molecule has 2 rings (SSSR count). The first-order chi connectivity index (χ1) is 9.15. The zero-order valence-corrected chi connectivity index (χ0v) is 11.6. The average Bonchev–Trinajstić information content (AvgIpc) is 2.39. The van der Waals surface area contributed by atoms with Gasteiger partial charge in [0.1, 0.15) is 0 Å². The molecule has 19 heavy (non-hydrogen) atoms. The Hall–Kier alpha value is -2.01. The standard InChI is InChI=1S/C14H11BrN2O2/c15-13-6-12(9-16-10-13)8-14(17(18)19)7-11-4-2-1-3-5-11/h1-6,8-10H,7H2/b14-8+. The van der Waals surface area contributed by atoms with Crippen LogP contribution in [0.5, 0.6) is 0 Å². The summed E-state index contributed by atoms with van der Waals surface area (Å²) >= 11 is 3.29. The largest absolute Gasteiger partial charge is 0.263 e. The first-order valence-electron chi connectivity index (χ1n) is 5.64. The predicted molar refractivity (Wildman–Crippen MR) is 77.1 cm³/mol. The van der Waals surface area contributed by atoms with Gasteiger partial charge in [-0.1, -0.05) is 30.3 Å². The fourth-order valence-corrected chi connectivity index (χ4v) is 2.06. The van der Waals surface area contributed by atoms with Gasteiger partial charge in [-0.2, -0.15) is 0 Å². The third kappa shape index (κ3) is 3.99. The number of pyridine rings is 1. The highest BCUT2D eigenvalue weighted by molar-refractivity contribution is 9.10. The Morgan fingerprint density at radius 1 is 1.32 bits per heavy atom. The number of benzene rings is 1. The van der Waals surface area contributed by atoms with Crippen LogP contribution in [0.1, 0.15) is 11.1 Å². The van der Waals surface area contributed by atoms with Crippen LogP contribution in [0.3, 0.4) is 0 Å². The molecular formula is C14H11BrN2O2. The lowest BCUT2D eigenvalue weighted by molar-refractivity contribution is -0.425. The number of halogens is 1. The molecule has 0 atom stereocenters. The highest BCUT2D eigenvalue weighted by atomic mass is 79.9. The van der Waals surface area contributed by atoms with Gasteiger partial charge in [0.25, 0.3) is 5.70 Å². The van der Waals surface area contributed by atoms with Crippen molar-refractivity contribution in [2.24, 2.45) is 0 Å². The van der Waals surface area contributed by atoms with E-state index in [0.29, 0.717) is 12.0 Å². The molecule has 0 fully saturated rings. The lowest BCUT2D eigenvalue weighted by Gasteiger charge is -2.00. The van der Waals surface area contributed by atoms with E-state index in [2.05, 4.69) is 20.9 Å². The third-order valence-electron chi connectivity index (χ3n) is 2.52. The summed E-state index contributed by atoms with van der Waals surface area (Å²) in [7, 11) is 0. The normalized spacial score (nSPS) is 11.3. The quantitative estimate of drug-likeness (QED) is 0.638. The van der Waals surface area contributed by atoms with Gasteiger partial charge in [-0.3, -0.25) is 15.1 Å². The first kappa shape index (κ1) is 13.4. The summed E-state index contributed by atoms with van der Waals surface area (Å²) in [6.45, 7) is 0. The van der Waals surface area contributed by atoms with Gasteiger partial charge in [-0.25, -0.2) is 0 Å². The van der Waals surface area contributed by atoms with Crippen LogP contribution in [0.25, 0.3) is 6.08 Å². The maximum Gasteiger partial charge on any atom is 0.251 e. The van der Waals surface area contributed by atoms with Crippen molar-refractivity contribution in [2.75, 3.05) is 0 Å². The van der Waals surface area contributed by atoms with Crippen molar-refractivity contribution in [2.45, 2.75) is 6.42 Å². The van der Waals surface area contributed by atoms with Crippen LogP contribution in [0.2, 0.25) is 0 Å². The molecule has 5 heteroatoms. The van der Waals surface area contributed by atoms with Crippen LogP contribution in [0.4, 0.5) is 0 Å². The van der Waals surface area contributed by atoms with Crippen molar-refractivity contribution >= 4 is 22.0 Å². The van der Waals surface area contributed by atoms with E-state index in [1.165, 1.54) is 0 Å². The Bertz CT molecular complexity index is 612. The van der Waals surface area contributed by atoms with E-state index >= 15 is 0 Å². The lowest BCUT2D eigenvalue weighted by Crippen LogP contribution is -2.02. The van der Waals surface area contributed by atoms with Gasteiger partial charge in [0.15, 0.2) is 0 Å². The SMILES string of the molecule is O=[N+]([O-])/C(=C/c1cncc(Br)c1)Cc1ccccc1. The second-order valence-electron chi connectivity index (χ2n) is 3.99. The monoisotopic (exact) mass is 318 g/mol. The number of allylic oxidation sites excluding steroid dienone is 1. The molecule has 0 aliphatic carbocycles. The van der Waals surface area contributed by atoms with Crippen molar-refractivity contribution in [1.29, 1.82) is 0 Å². The zero-order valence-electron chi connectivity index (χ0n) is 9.99. The van der Waals surface area contributed by atoms with E-state index in [1.807, 2.05) is 30.3 Å². The van der Waals surface area contributed by atoms with Crippen LogP contribution in [-0.4, -0.2) is 9.91 Å². The Kier molecular flexibility index (Phi) is 4.41. The minimum atomic E-state index is -0.353. The highest BCUT2D eigenvalue weighted by Gasteiger charge is 2.11. The van der Waals surface area contributed by atoms with E-state index < -0.39 is 0 Å². The molecule has 0 aliphatic heterocycles. The van der Waals surface area contributed by atoms with Crippen molar-refractivity contribution in [1.82, 2.24) is 4.98 Å². The molecule has 0 amide bonds. The molecule has 0 unspecified atom stereocenters. The second kappa shape index (κ2) is 6.24. The van der Waals surface area contributed by atoms with Crippen LogP contribution in [0.15, 0.2) is 59.0 Å². The molecule has 4 nitrogen and oxygen atoms in total. The van der Waals surface area contributed by atoms with Crippen LogP contribution in [-0.2, 0) is 6.42 Å². The van der Waals surface area contributed by atoms with E-state index in [0.717, 1.165) is 10.0 Å². The maximum absolute atomic E-state index is 11.1. The lowest BCUT2D eigenvalue weighted by atomic mass is 10.1. The number of aromatic nitrogens is 1. The third-order valence-corrected chi connectivity index (χ3v) is 2.96. The summed E-state index contributed by atoms with van der Waals surface area (Å²) in [4.78, 5) is 14.7. The van der Waals surface area contributed by atoms with E-state index in [9.17, 15) is 10.1 Å². The molecule has 2 aromatic rings. The van der Waals surface area contributed by atoms with Crippen LogP contribution < -0.4 is 0 Å². The topological polar surface area (TPSA) is 56.0 Å². The predicted octanol–water partition coefficient (Wildman–Crippen LogP) is 3.70. The van der Waals surface area contributed by atoms with Crippen molar-refractivity contribution in [3.63, 3.8) is 0 Å². The first-order valence-corrected chi connectivity index (χ1v) is 6.44. The second-order valence-corrected chi connectivity index (χ2v) is 4.91. The Morgan fingerprint density at radius 2 is 2.05 bits per heavy atom. The maximum atomic E-state index is 11.1. The van der Waals surface area contributed by atoms with Gasteiger partial charge in [0.05, 0.1) is 11.3 Å². The highest BCUT2D eigenvalue weighted by Crippen LogP contribution is 2.15. The van der Waals surface area contributed by atoms with Gasteiger partial charge >= 0.3 is 0 Å². The Labute approximate surface area is 119 Å². The van der Waals surface area contributed by atoms with Crippen LogP contribution in [0, 0.1) is 10.1 Å². The molecule has 0 saturated carbocycles. The van der Waals surface area contributed by atoms with Gasteiger partial charge in [-0.05, 0) is 27.6 Å². The average molecular weight is 319 g/mol. The summed E-state index contributed by atoms with van der Waals surface area (Å²) in [6, 6.07) is 11.2. The summed E-state index contributed by atoms with van der Waals surface area (Å²) in [5, 5.41) is 11.1. The Balaban J connectivity index is 2.28. The molecular weight excluding hydrogens is 308 g/mol. The van der Waals surface area contributed by atoms with Crippen LogP contribution >= 0.6 is 15.9 Å². The van der Waals surface area contributed by atoms with E-state index in [-0.39, 0.29) is 10.6 Å². The van der Waals surface area contributed by atoms with Crippen molar-refractivity contribution in [3.8, 4) is 0 Å². The summed E-state index contributed by atoms with van der Waals surface area (Å²) < 4.78 is 0.795. The molecule has 0 bridgehead atoms. The number of rotatable bonds is 4. The number of hydrogen-bond acceptors (Lipinski definition) is 3. The molecule has 96 valence electrons. The molecule has 0 spiro atoms. The van der Waals surface area contributed by atoms with E-state index in [4.69, 9.17) is 0 Å². The summed E-state index contributed by atoms with van der Waals surface area (Å²) in [5.74, 6) is 0. The van der Waals surface area contributed by atoms with Crippen molar-refractivity contribution < 1.29 is 4.92 Å². The molecule has 0 aliphatic rings. The molecule has 0 N–H and O–H groups in total. The molecule has 1 heterocycles.